The molecule has 0 aromatic heterocycles. The first-order chi connectivity index (χ1) is 12.6. The predicted octanol–water partition coefficient (Wildman–Crippen LogP) is 5.66. The minimum absolute atomic E-state index is 0.226. The minimum Gasteiger partial charge on any atom is -0.489 e. The van der Waals surface area contributed by atoms with Gasteiger partial charge >= 0.3 is 0 Å². The van der Waals surface area contributed by atoms with Crippen molar-refractivity contribution in [2.75, 3.05) is 0 Å². The smallest absolute Gasteiger partial charge is 0.124 e. The van der Waals surface area contributed by atoms with Crippen LogP contribution in [0.2, 0.25) is 5.02 Å². The Bertz CT molecular complexity index is 864. The number of hydrogen-bond donors (Lipinski definition) is 1. The quantitative estimate of drug-likeness (QED) is 0.580. The topological polar surface area (TPSA) is 21.3 Å². The van der Waals surface area contributed by atoms with Gasteiger partial charge < -0.3 is 10.1 Å². The molecule has 26 heavy (non-hydrogen) atoms. The summed E-state index contributed by atoms with van der Waals surface area (Å²) < 4.78 is 19.0. The van der Waals surface area contributed by atoms with Gasteiger partial charge in [0.25, 0.3) is 0 Å². The van der Waals surface area contributed by atoms with Gasteiger partial charge in [0, 0.05) is 23.7 Å². The highest BCUT2D eigenvalue weighted by Gasteiger charge is 2.07. The van der Waals surface area contributed by atoms with E-state index in [1.54, 1.807) is 12.1 Å². The number of hydrogen-bond acceptors (Lipinski definition) is 2. The molecule has 0 radical (unpaired) electrons. The van der Waals surface area contributed by atoms with Gasteiger partial charge in [-0.1, -0.05) is 48.0 Å². The van der Waals surface area contributed by atoms with Crippen molar-refractivity contribution in [2.45, 2.75) is 26.6 Å². The molecule has 0 saturated carbocycles. The molecule has 0 aliphatic rings. The summed E-state index contributed by atoms with van der Waals surface area (Å²) >= 11 is 6.15. The van der Waals surface area contributed by atoms with Gasteiger partial charge in [-0.2, -0.15) is 0 Å². The fourth-order valence-corrected chi connectivity index (χ4v) is 2.89. The number of rotatable bonds is 7. The summed E-state index contributed by atoms with van der Waals surface area (Å²) in [6, 6.07) is 20.3. The van der Waals surface area contributed by atoms with E-state index in [0.717, 1.165) is 22.4 Å². The molecule has 3 aromatic rings. The van der Waals surface area contributed by atoms with E-state index in [1.165, 1.54) is 17.7 Å². The van der Waals surface area contributed by atoms with Crippen molar-refractivity contribution in [3.05, 3.63) is 99.8 Å². The maximum absolute atomic E-state index is 13.0. The lowest BCUT2D eigenvalue weighted by Gasteiger charge is -2.14. The van der Waals surface area contributed by atoms with Crippen LogP contribution in [-0.4, -0.2) is 0 Å². The van der Waals surface area contributed by atoms with Crippen molar-refractivity contribution in [1.82, 2.24) is 5.32 Å². The van der Waals surface area contributed by atoms with Crippen LogP contribution in [0.15, 0.2) is 66.7 Å². The van der Waals surface area contributed by atoms with Crippen LogP contribution in [0, 0.1) is 12.7 Å². The largest absolute Gasteiger partial charge is 0.489 e. The number of aryl methyl sites for hydroxylation is 1. The zero-order chi connectivity index (χ0) is 18.4. The van der Waals surface area contributed by atoms with E-state index in [2.05, 4.69) is 24.4 Å². The van der Waals surface area contributed by atoms with Gasteiger partial charge in [0.05, 0.1) is 0 Å². The summed E-state index contributed by atoms with van der Waals surface area (Å²) in [6.07, 6.45) is 0. The van der Waals surface area contributed by atoms with E-state index in [4.69, 9.17) is 16.3 Å². The molecule has 0 heterocycles. The molecule has 0 aliphatic heterocycles. The molecule has 0 amide bonds. The van der Waals surface area contributed by atoms with E-state index in [9.17, 15) is 4.39 Å². The van der Waals surface area contributed by atoms with Gasteiger partial charge in [0.15, 0.2) is 0 Å². The maximum atomic E-state index is 13.0. The number of ether oxygens (including phenoxy) is 1. The van der Waals surface area contributed by atoms with Crippen molar-refractivity contribution in [2.24, 2.45) is 0 Å². The van der Waals surface area contributed by atoms with Gasteiger partial charge in [-0.15, -0.1) is 0 Å². The molecule has 0 unspecified atom stereocenters. The third kappa shape index (κ3) is 5.07. The van der Waals surface area contributed by atoms with Crippen LogP contribution in [0.4, 0.5) is 4.39 Å². The second kappa shape index (κ2) is 8.84. The fraction of sp³-hybridized carbons (Fsp3) is 0.182. The highest BCUT2D eigenvalue weighted by Crippen LogP contribution is 2.24. The Morgan fingerprint density at radius 1 is 0.923 bits per heavy atom. The van der Waals surface area contributed by atoms with Crippen molar-refractivity contribution in [3.63, 3.8) is 0 Å². The summed E-state index contributed by atoms with van der Waals surface area (Å²) in [5.41, 5.74) is 4.38. The number of benzene rings is 3. The first-order valence-electron chi connectivity index (χ1n) is 8.53. The highest BCUT2D eigenvalue weighted by molar-refractivity contribution is 6.30. The van der Waals surface area contributed by atoms with Gasteiger partial charge in [0.2, 0.25) is 0 Å². The van der Waals surface area contributed by atoms with Gasteiger partial charge in [0.1, 0.15) is 18.2 Å². The van der Waals surface area contributed by atoms with Gasteiger partial charge in [-0.25, -0.2) is 4.39 Å². The molecule has 0 spiro atoms. The first-order valence-corrected chi connectivity index (χ1v) is 8.90. The molecule has 0 bridgehead atoms. The molecule has 0 fully saturated rings. The third-order valence-electron chi connectivity index (χ3n) is 4.22. The molecule has 1 N–H and O–H groups in total. The number of halogens is 2. The molecule has 4 heteroatoms. The van der Waals surface area contributed by atoms with Crippen molar-refractivity contribution in [1.29, 1.82) is 0 Å². The van der Waals surface area contributed by atoms with Crippen LogP contribution in [0.25, 0.3) is 0 Å². The summed E-state index contributed by atoms with van der Waals surface area (Å²) in [4.78, 5) is 0. The van der Waals surface area contributed by atoms with Crippen molar-refractivity contribution < 1.29 is 9.13 Å². The molecule has 0 saturated heterocycles. The fourth-order valence-electron chi connectivity index (χ4n) is 2.70. The summed E-state index contributed by atoms with van der Waals surface area (Å²) in [5, 5.41) is 4.03. The molecule has 0 atom stereocenters. The third-order valence-corrected chi connectivity index (χ3v) is 4.46. The maximum Gasteiger partial charge on any atom is 0.124 e. The number of nitrogens with one attached hydrogen (secondary N) is 1. The zero-order valence-electron chi connectivity index (χ0n) is 14.6. The monoisotopic (exact) mass is 369 g/mol. The Hall–Kier alpha value is -2.36. The van der Waals surface area contributed by atoms with E-state index < -0.39 is 0 Å². The molecule has 2 nitrogen and oxygen atoms in total. The molecule has 134 valence electrons. The summed E-state index contributed by atoms with van der Waals surface area (Å²) in [5.74, 6) is 0.583. The van der Waals surface area contributed by atoms with E-state index in [-0.39, 0.29) is 5.82 Å². The van der Waals surface area contributed by atoms with Crippen LogP contribution in [0.5, 0.6) is 5.75 Å². The lowest BCUT2D eigenvalue weighted by atomic mass is 10.1. The van der Waals surface area contributed by atoms with Crippen LogP contribution >= 0.6 is 11.6 Å². The molecular formula is C22H21ClFNO. The first kappa shape index (κ1) is 18.4. The second-order valence-corrected chi connectivity index (χ2v) is 6.63. The molecule has 3 rings (SSSR count). The van der Waals surface area contributed by atoms with Crippen LogP contribution in [0.1, 0.15) is 22.3 Å². The SMILES string of the molecule is Cc1ccccc1COc1ccc(Cl)cc1CNCc1ccc(F)cc1. The van der Waals surface area contributed by atoms with Crippen LogP contribution in [0.3, 0.4) is 0 Å². The highest BCUT2D eigenvalue weighted by atomic mass is 35.5. The molecule has 3 aromatic carbocycles. The van der Waals surface area contributed by atoms with Crippen molar-refractivity contribution in [3.8, 4) is 5.75 Å². The summed E-state index contributed by atoms with van der Waals surface area (Å²) in [7, 11) is 0. The standard InChI is InChI=1S/C22H21ClFNO/c1-16-4-2-3-5-18(16)15-26-22-11-8-20(23)12-19(22)14-25-13-17-6-9-21(24)10-7-17/h2-12,25H,13-15H2,1H3. The van der Waals surface area contributed by atoms with Crippen LogP contribution < -0.4 is 10.1 Å². The van der Waals surface area contributed by atoms with E-state index >= 15 is 0 Å². The molecule has 0 aliphatic carbocycles. The average Bonchev–Trinajstić information content (AvgIpc) is 2.64. The Balaban J connectivity index is 1.63. The second-order valence-electron chi connectivity index (χ2n) is 6.20. The normalized spacial score (nSPS) is 10.7. The Labute approximate surface area is 158 Å². The lowest BCUT2D eigenvalue weighted by Crippen LogP contribution is -2.13. The average molecular weight is 370 g/mol. The Morgan fingerprint density at radius 3 is 2.46 bits per heavy atom. The Morgan fingerprint density at radius 2 is 1.69 bits per heavy atom. The van der Waals surface area contributed by atoms with Crippen LogP contribution in [-0.2, 0) is 19.7 Å². The van der Waals surface area contributed by atoms with E-state index in [0.29, 0.717) is 24.7 Å². The molecular weight excluding hydrogens is 349 g/mol. The Kier molecular flexibility index (Phi) is 6.26. The van der Waals surface area contributed by atoms with Crippen molar-refractivity contribution >= 4 is 11.6 Å². The predicted molar refractivity (Wildman–Crippen MR) is 104 cm³/mol. The summed E-state index contributed by atoms with van der Waals surface area (Å²) in [6.45, 7) is 3.84. The van der Waals surface area contributed by atoms with Gasteiger partial charge in [-0.3, -0.25) is 0 Å². The van der Waals surface area contributed by atoms with E-state index in [1.807, 2.05) is 30.3 Å². The minimum atomic E-state index is -0.226. The van der Waals surface area contributed by atoms with Gasteiger partial charge in [-0.05, 0) is 53.9 Å². The zero-order valence-corrected chi connectivity index (χ0v) is 15.4. The lowest BCUT2D eigenvalue weighted by molar-refractivity contribution is 0.301.